The van der Waals surface area contributed by atoms with Crippen molar-refractivity contribution in [1.29, 1.82) is 0 Å². The number of thiophene rings is 2. The second-order valence-electron chi connectivity index (χ2n) is 14.6. The molecule has 0 N–H and O–H groups in total. The van der Waals surface area contributed by atoms with E-state index in [1.54, 1.807) is 59.1 Å². The van der Waals surface area contributed by atoms with E-state index in [4.69, 9.17) is 18.9 Å². The first-order valence-electron chi connectivity index (χ1n) is 19.8. The quantitative estimate of drug-likeness (QED) is 0.0670. The number of aryl methyl sites for hydroxylation is 1. The molecule has 4 amide bonds. The summed E-state index contributed by atoms with van der Waals surface area (Å²) in [6.45, 7) is 4.36. The Morgan fingerprint density at radius 1 is 0.561 bits per heavy atom. The molecule has 0 fully saturated rings. The van der Waals surface area contributed by atoms with E-state index in [0.717, 1.165) is 69.6 Å². The van der Waals surface area contributed by atoms with E-state index in [1.165, 1.54) is 33.9 Å². The third-order valence-electron chi connectivity index (χ3n) is 11.0. The van der Waals surface area contributed by atoms with Crippen molar-refractivity contribution in [3.8, 4) is 43.2 Å². The van der Waals surface area contributed by atoms with Gasteiger partial charge >= 0.3 is 0 Å². The van der Waals surface area contributed by atoms with Gasteiger partial charge in [0.2, 0.25) is 0 Å². The van der Waals surface area contributed by atoms with Crippen LogP contribution in [0.2, 0.25) is 0 Å². The van der Waals surface area contributed by atoms with Crippen LogP contribution in [0.25, 0.3) is 31.0 Å². The average Bonchev–Trinajstić information content (AvgIpc) is 3.80. The Morgan fingerprint density at radius 3 is 1.67 bits per heavy atom. The fourth-order valence-electron chi connectivity index (χ4n) is 8.19. The standard InChI is InChI=1S/C44H42N2O8S3/c1-2-3-4-7-10-31-34-35(52-21-20-51-34)39(56-31)40-37-36(53-22-23-54-37)38(57-40)25-11-13-26(14-12-25)46-43(49)29-17-15-27-32-28(16-18-30(33(29)32)44(46)50)42(48)45(41(27)47)19-8-5-6-9-24-55/h11-18,55H,2-10,19-24H2,1H3. The second kappa shape index (κ2) is 15.8. The van der Waals surface area contributed by atoms with Crippen molar-refractivity contribution in [2.75, 3.05) is 43.6 Å². The first-order valence-corrected chi connectivity index (χ1v) is 22.1. The fraction of sp³-hybridized carbons (Fsp3) is 0.364. The van der Waals surface area contributed by atoms with Gasteiger partial charge in [-0.2, -0.15) is 12.6 Å². The van der Waals surface area contributed by atoms with E-state index < -0.39 is 23.6 Å². The Balaban J connectivity index is 1.01. The smallest absolute Gasteiger partial charge is 0.265 e. The molecule has 4 aliphatic heterocycles. The number of amides is 4. The zero-order valence-electron chi connectivity index (χ0n) is 31.6. The molecule has 294 valence electrons. The van der Waals surface area contributed by atoms with Gasteiger partial charge in [0.05, 0.1) is 25.2 Å². The molecule has 3 aromatic carbocycles. The van der Waals surface area contributed by atoms with Gasteiger partial charge in [-0.15, -0.1) is 22.7 Å². The molecule has 0 unspecified atom stereocenters. The van der Waals surface area contributed by atoms with Gasteiger partial charge in [0.15, 0.2) is 23.0 Å². The van der Waals surface area contributed by atoms with Crippen molar-refractivity contribution in [1.82, 2.24) is 4.90 Å². The van der Waals surface area contributed by atoms with Crippen molar-refractivity contribution < 1.29 is 38.1 Å². The molecule has 6 heterocycles. The van der Waals surface area contributed by atoms with Gasteiger partial charge in [-0.25, -0.2) is 4.90 Å². The van der Waals surface area contributed by atoms with E-state index >= 15 is 0 Å². The Kier molecular flexibility index (Phi) is 10.5. The van der Waals surface area contributed by atoms with Crippen LogP contribution in [0.4, 0.5) is 5.69 Å². The molecule has 2 aromatic heterocycles. The molecule has 5 aromatic rings. The number of benzene rings is 3. The van der Waals surface area contributed by atoms with Crippen molar-refractivity contribution in [2.45, 2.75) is 64.7 Å². The van der Waals surface area contributed by atoms with Crippen LogP contribution in [0.15, 0.2) is 48.5 Å². The molecule has 0 radical (unpaired) electrons. The summed E-state index contributed by atoms with van der Waals surface area (Å²) in [4.78, 5) is 62.1. The topological polar surface area (TPSA) is 112 Å². The lowest BCUT2D eigenvalue weighted by atomic mass is 9.85. The Morgan fingerprint density at radius 2 is 1.07 bits per heavy atom. The largest absolute Gasteiger partial charge is 0.485 e. The van der Waals surface area contributed by atoms with Crippen molar-refractivity contribution in [3.05, 3.63) is 75.7 Å². The number of rotatable bonds is 14. The molecule has 0 spiro atoms. The van der Waals surface area contributed by atoms with Gasteiger partial charge in [-0.05, 0) is 73.4 Å². The molecular weight excluding hydrogens is 781 g/mol. The molecule has 9 rings (SSSR count). The number of hydrogen-bond acceptors (Lipinski definition) is 11. The van der Waals surface area contributed by atoms with Crippen LogP contribution in [0.3, 0.4) is 0 Å². The van der Waals surface area contributed by atoms with E-state index in [0.29, 0.717) is 78.5 Å². The molecule has 57 heavy (non-hydrogen) atoms. The van der Waals surface area contributed by atoms with Gasteiger partial charge < -0.3 is 18.9 Å². The summed E-state index contributed by atoms with van der Waals surface area (Å²) < 4.78 is 24.9. The highest BCUT2D eigenvalue weighted by Crippen LogP contribution is 2.60. The Hall–Kier alpha value is -4.85. The maximum atomic E-state index is 14.2. The van der Waals surface area contributed by atoms with Gasteiger partial charge in [0.1, 0.15) is 26.4 Å². The Bertz CT molecular complexity index is 2360. The number of unbranched alkanes of at least 4 members (excludes halogenated alkanes) is 6. The summed E-state index contributed by atoms with van der Waals surface area (Å²) in [5.41, 5.74) is 2.44. The lowest BCUT2D eigenvalue weighted by Crippen LogP contribution is -2.43. The number of carbonyl (C=O) groups excluding carboxylic acids is 4. The summed E-state index contributed by atoms with van der Waals surface area (Å²) in [5, 5.41) is 0.725. The van der Waals surface area contributed by atoms with E-state index in [2.05, 4.69) is 19.6 Å². The molecular formula is C44H42N2O8S3. The summed E-state index contributed by atoms with van der Waals surface area (Å²) in [6.07, 6.45) is 9.11. The van der Waals surface area contributed by atoms with Gasteiger partial charge in [-0.3, -0.25) is 24.1 Å². The fourth-order valence-corrected chi connectivity index (χ4v) is 11.0. The number of imide groups is 2. The number of ether oxygens (including phenoxy) is 4. The summed E-state index contributed by atoms with van der Waals surface area (Å²) in [7, 11) is 0. The van der Waals surface area contributed by atoms with Crippen molar-refractivity contribution in [2.24, 2.45) is 0 Å². The number of nitrogens with zero attached hydrogens (tertiary/aromatic N) is 2. The maximum absolute atomic E-state index is 14.2. The second-order valence-corrected chi connectivity index (χ2v) is 17.2. The summed E-state index contributed by atoms with van der Waals surface area (Å²) >= 11 is 7.52. The van der Waals surface area contributed by atoms with Crippen LogP contribution >= 0.6 is 35.3 Å². The molecule has 0 atom stereocenters. The van der Waals surface area contributed by atoms with Crippen LogP contribution in [0.5, 0.6) is 23.0 Å². The zero-order valence-corrected chi connectivity index (χ0v) is 34.2. The molecule has 4 aliphatic rings. The highest BCUT2D eigenvalue weighted by atomic mass is 32.1. The SMILES string of the molecule is CCCCCCc1sc(-c2sc(-c3ccc(N4C(=O)c5ccc6c7c(ccc(c57)C4=O)C(=O)N(CCCCCCS)C6=O)cc3)c3c2OCCO3)c2c1OCCO2. The summed E-state index contributed by atoms with van der Waals surface area (Å²) in [5.74, 6) is 1.91. The van der Waals surface area contributed by atoms with Gasteiger partial charge in [-0.1, -0.05) is 51.2 Å². The third-order valence-corrected chi connectivity index (χ3v) is 13.9. The van der Waals surface area contributed by atoms with Crippen LogP contribution in [-0.2, 0) is 6.42 Å². The first-order chi connectivity index (χ1) is 27.9. The van der Waals surface area contributed by atoms with Crippen LogP contribution < -0.4 is 23.8 Å². The summed E-state index contributed by atoms with van der Waals surface area (Å²) in [6, 6.07) is 13.7. The average molecular weight is 823 g/mol. The number of carbonyl (C=O) groups is 4. The van der Waals surface area contributed by atoms with Crippen LogP contribution in [0, 0.1) is 0 Å². The minimum absolute atomic E-state index is 0.271. The highest BCUT2D eigenvalue weighted by Gasteiger charge is 2.40. The maximum Gasteiger partial charge on any atom is 0.265 e. The van der Waals surface area contributed by atoms with Gasteiger partial charge in [0.25, 0.3) is 23.6 Å². The van der Waals surface area contributed by atoms with Crippen LogP contribution in [-0.4, -0.2) is 67.3 Å². The minimum atomic E-state index is -0.516. The molecule has 0 saturated heterocycles. The normalized spacial score (nSPS) is 15.6. The lowest BCUT2D eigenvalue weighted by Gasteiger charge is -2.32. The first kappa shape index (κ1) is 37.7. The predicted octanol–water partition coefficient (Wildman–Crippen LogP) is 9.85. The highest BCUT2D eigenvalue weighted by molar-refractivity contribution is 7.80. The number of anilines is 1. The zero-order chi connectivity index (χ0) is 39.2. The van der Waals surface area contributed by atoms with E-state index in [-0.39, 0.29) is 11.1 Å². The molecule has 0 bridgehead atoms. The lowest BCUT2D eigenvalue weighted by molar-refractivity contribution is 0.0606. The monoisotopic (exact) mass is 822 g/mol. The van der Waals surface area contributed by atoms with E-state index in [1.807, 2.05) is 12.1 Å². The molecule has 13 heteroatoms. The molecule has 0 saturated carbocycles. The van der Waals surface area contributed by atoms with Crippen LogP contribution in [0.1, 0.15) is 105 Å². The minimum Gasteiger partial charge on any atom is -0.485 e. The number of fused-ring (bicyclic) bond motifs is 2. The van der Waals surface area contributed by atoms with Crippen molar-refractivity contribution in [3.63, 3.8) is 0 Å². The molecule has 0 aliphatic carbocycles. The van der Waals surface area contributed by atoms with Crippen molar-refractivity contribution >= 4 is 75.4 Å². The number of hydrogen-bond donors (Lipinski definition) is 1. The Labute approximate surface area is 344 Å². The number of thiol groups is 1. The predicted molar refractivity (Wildman–Crippen MR) is 226 cm³/mol. The van der Waals surface area contributed by atoms with E-state index in [9.17, 15) is 19.2 Å². The molecule has 10 nitrogen and oxygen atoms in total. The van der Waals surface area contributed by atoms with Gasteiger partial charge in [0, 0.05) is 39.6 Å². The third kappa shape index (κ3) is 6.47.